The second-order valence-corrected chi connectivity index (χ2v) is 5.83. The first-order valence-corrected chi connectivity index (χ1v) is 6.82. The van der Waals surface area contributed by atoms with Gasteiger partial charge in [-0.25, -0.2) is 0 Å². The average molecular weight is 235 g/mol. The molecule has 1 heterocycles. The van der Waals surface area contributed by atoms with Gasteiger partial charge in [-0.05, 0) is 49.6 Å². The van der Waals surface area contributed by atoms with Crippen molar-refractivity contribution < 1.29 is 0 Å². The molecule has 3 nitrogen and oxygen atoms in total. The first kappa shape index (κ1) is 12.6. The molecule has 0 unspecified atom stereocenters. The third-order valence-corrected chi connectivity index (χ3v) is 4.60. The average Bonchev–Trinajstić information content (AvgIpc) is 2.75. The van der Waals surface area contributed by atoms with Crippen molar-refractivity contribution in [2.75, 3.05) is 6.54 Å². The molecule has 1 fully saturated rings. The van der Waals surface area contributed by atoms with Gasteiger partial charge in [-0.3, -0.25) is 4.68 Å². The Morgan fingerprint density at radius 3 is 2.71 bits per heavy atom. The molecule has 0 bridgehead atoms. The maximum atomic E-state index is 6.04. The van der Waals surface area contributed by atoms with Gasteiger partial charge in [0.1, 0.15) is 0 Å². The van der Waals surface area contributed by atoms with E-state index in [0.29, 0.717) is 5.41 Å². The zero-order chi connectivity index (χ0) is 12.3. The summed E-state index contributed by atoms with van der Waals surface area (Å²) in [5.41, 5.74) is 7.77. The van der Waals surface area contributed by atoms with Crippen molar-refractivity contribution in [2.45, 2.75) is 45.4 Å². The Balaban J connectivity index is 1.94. The van der Waals surface area contributed by atoms with Crippen LogP contribution < -0.4 is 5.73 Å². The number of aryl methyl sites for hydroxylation is 2. The van der Waals surface area contributed by atoms with Gasteiger partial charge >= 0.3 is 0 Å². The van der Waals surface area contributed by atoms with Gasteiger partial charge in [0.25, 0.3) is 0 Å². The largest absolute Gasteiger partial charge is 0.330 e. The van der Waals surface area contributed by atoms with Crippen LogP contribution in [0, 0.1) is 11.3 Å². The van der Waals surface area contributed by atoms with E-state index in [1.807, 2.05) is 17.9 Å². The Labute approximate surface area is 104 Å². The van der Waals surface area contributed by atoms with Gasteiger partial charge in [0.2, 0.25) is 0 Å². The summed E-state index contributed by atoms with van der Waals surface area (Å²) in [4.78, 5) is 0. The van der Waals surface area contributed by atoms with Crippen LogP contribution in [0.2, 0.25) is 0 Å². The smallest absolute Gasteiger partial charge is 0.0492 e. The molecule has 0 radical (unpaired) electrons. The topological polar surface area (TPSA) is 43.8 Å². The highest BCUT2D eigenvalue weighted by Crippen LogP contribution is 2.41. The molecule has 1 aromatic rings. The molecule has 0 spiro atoms. The van der Waals surface area contributed by atoms with Gasteiger partial charge in [-0.1, -0.05) is 19.8 Å². The van der Waals surface area contributed by atoms with Crippen molar-refractivity contribution >= 4 is 0 Å². The molecule has 1 aromatic heterocycles. The third kappa shape index (κ3) is 2.89. The van der Waals surface area contributed by atoms with Crippen LogP contribution in [0.1, 0.15) is 44.7 Å². The number of hydrogen-bond donors (Lipinski definition) is 1. The molecular formula is C14H25N3. The van der Waals surface area contributed by atoms with Crippen LogP contribution >= 0.6 is 0 Å². The lowest BCUT2D eigenvalue weighted by Crippen LogP contribution is -2.35. The molecule has 0 saturated heterocycles. The number of hydrogen-bond acceptors (Lipinski definition) is 2. The van der Waals surface area contributed by atoms with Crippen molar-refractivity contribution in [3.63, 3.8) is 0 Å². The van der Waals surface area contributed by atoms with Crippen molar-refractivity contribution in [1.29, 1.82) is 0 Å². The molecule has 2 N–H and O–H groups in total. The van der Waals surface area contributed by atoms with E-state index >= 15 is 0 Å². The van der Waals surface area contributed by atoms with Crippen LogP contribution in [0.15, 0.2) is 12.3 Å². The second kappa shape index (κ2) is 5.21. The SMILES string of the molecule is CC1CCC(CN)(CCc2ccnn2C)CC1. The molecule has 0 aromatic carbocycles. The van der Waals surface area contributed by atoms with Gasteiger partial charge < -0.3 is 5.73 Å². The Kier molecular flexibility index (Phi) is 3.87. The van der Waals surface area contributed by atoms with Crippen molar-refractivity contribution in [3.8, 4) is 0 Å². The van der Waals surface area contributed by atoms with E-state index in [0.717, 1.165) is 18.9 Å². The van der Waals surface area contributed by atoms with E-state index in [9.17, 15) is 0 Å². The standard InChI is InChI=1S/C14H25N3/c1-12-3-7-14(11-15,8-4-12)9-5-13-6-10-16-17(13)2/h6,10,12H,3-5,7-9,11,15H2,1-2H3. The predicted octanol–water partition coefficient (Wildman–Crippen LogP) is 2.51. The maximum Gasteiger partial charge on any atom is 0.0492 e. The molecule has 17 heavy (non-hydrogen) atoms. The number of rotatable bonds is 4. The van der Waals surface area contributed by atoms with E-state index < -0.39 is 0 Å². The Hall–Kier alpha value is -0.830. The summed E-state index contributed by atoms with van der Waals surface area (Å²) in [6.45, 7) is 3.21. The van der Waals surface area contributed by atoms with Crippen molar-refractivity contribution in [3.05, 3.63) is 18.0 Å². The van der Waals surface area contributed by atoms with Crippen LogP contribution in [-0.4, -0.2) is 16.3 Å². The fourth-order valence-electron chi connectivity index (χ4n) is 2.97. The van der Waals surface area contributed by atoms with E-state index in [-0.39, 0.29) is 0 Å². The highest BCUT2D eigenvalue weighted by molar-refractivity contribution is 5.01. The monoisotopic (exact) mass is 235 g/mol. The quantitative estimate of drug-likeness (QED) is 0.871. The van der Waals surface area contributed by atoms with Crippen LogP contribution in [0.5, 0.6) is 0 Å². The van der Waals surface area contributed by atoms with E-state index in [1.165, 1.54) is 37.8 Å². The summed E-state index contributed by atoms with van der Waals surface area (Å²) in [7, 11) is 2.02. The van der Waals surface area contributed by atoms with Gasteiger partial charge in [0.05, 0.1) is 0 Å². The van der Waals surface area contributed by atoms with Crippen LogP contribution in [-0.2, 0) is 13.5 Å². The highest BCUT2D eigenvalue weighted by Gasteiger charge is 2.32. The molecule has 1 aliphatic rings. The van der Waals surface area contributed by atoms with E-state index in [2.05, 4.69) is 18.1 Å². The maximum absolute atomic E-state index is 6.04. The summed E-state index contributed by atoms with van der Waals surface area (Å²) in [6.07, 6.45) is 9.53. The lowest BCUT2D eigenvalue weighted by Gasteiger charge is -2.38. The second-order valence-electron chi connectivity index (χ2n) is 5.83. The summed E-state index contributed by atoms with van der Waals surface area (Å²) in [6, 6.07) is 2.12. The van der Waals surface area contributed by atoms with Gasteiger partial charge in [-0.15, -0.1) is 0 Å². The molecule has 96 valence electrons. The minimum absolute atomic E-state index is 0.400. The van der Waals surface area contributed by atoms with Gasteiger partial charge in [0, 0.05) is 18.9 Å². The Morgan fingerprint density at radius 2 is 2.18 bits per heavy atom. The zero-order valence-electron chi connectivity index (χ0n) is 11.2. The van der Waals surface area contributed by atoms with Crippen molar-refractivity contribution in [2.24, 2.45) is 24.1 Å². The Morgan fingerprint density at radius 1 is 1.47 bits per heavy atom. The van der Waals surface area contributed by atoms with Crippen molar-refractivity contribution in [1.82, 2.24) is 9.78 Å². The van der Waals surface area contributed by atoms with Crippen LogP contribution in [0.25, 0.3) is 0 Å². The number of nitrogens with zero attached hydrogens (tertiary/aromatic N) is 2. The summed E-state index contributed by atoms with van der Waals surface area (Å²) in [5.74, 6) is 0.895. The molecule has 0 amide bonds. The Bertz CT molecular complexity index is 348. The number of nitrogens with two attached hydrogens (primary N) is 1. The van der Waals surface area contributed by atoms with Gasteiger partial charge in [-0.2, -0.15) is 5.10 Å². The molecule has 1 saturated carbocycles. The molecule has 1 aliphatic carbocycles. The molecule has 3 heteroatoms. The summed E-state index contributed by atoms with van der Waals surface area (Å²) >= 11 is 0. The summed E-state index contributed by atoms with van der Waals surface area (Å²) in [5, 5.41) is 4.23. The molecule has 2 rings (SSSR count). The molecule has 0 atom stereocenters. The molecular weight excluding hydrogens is 210 g/mol. The van der Waals surface area contributed by atoms with Crippen LogP contribution in [0.4, 0.5) is 0 Å². The first-order valence-electron chi connectivity index (χ1n) is 6.82. The first-order chi connectivity index (χ1) is 8.15. The highest BCUT2D eigenvalue weighted by atomic mass is 15.2. The fourth-order valence-corrected chi connectivity index (χ4v) is 2.97. The predicted molar refractivity (Wildman–Crippen MR) is 70.6 cm³/mol. The van der Waals surface area contributed by atoms with E-state index in [1.54, 1.807) is 0 Å². The van der Waals surface area contributed by atoms with Crippen LogP contribution in [0.3, 0.4) is 0 Å². The zero-order valence-corrected chi connectivity index (χ0v) is 11.2. The lowest BCUT2D eigenvalue weighted by atomic mass is 9.68. The normalized spacial score (nSPS) is 29.5. The van der Waals surface area contributed by atoms with Gasteiger partial charge in [0.15, 0.2) is 0 Å². The van der Waals surface area contributed by atoms with E-state index in [4.69, 9.17) is 5.73 Å². The minimum atomic E-state index is 0.400. The number of aromatic nitrogens is 2. The minimum Gasteiger partial charge on any atom is -0.330 e. The fraction of sp³-hybridized carbons (Fsp3) is 0.786. The lowest BCUT2D eigenvalue weighted by molar-refractivity contribution is 0.150. The third-order valence-electron chi connectivity index (χ3n) is 4.60. The summed E-state index contributed by atoms with van der Waals surface area (Å²) < 4.78 is 1.98. The molecule has 0 aliphatic heterocycles.